The molecule has 0 saturated heterocycles. The first-order chi connectivity index (χ1) is 9.40. The molecule has 1 aromatic carbocycles. The van der Waals surface area contributed by atoms with Gasteiger partial charge in [0, 0.05) is 5.56 Å². The average Bonchev–Trinajstić information content (AvgIpc) is 2.44. The third-order valence-electron chi connectivity index (χ3n) is 3.38. The van der Waals surface area contributed by atoms with Gasteiger partial charge in [-0.05, 0) is 31.0 Å². The lowest BCUT2D eigenvalue weighted by atomic mass is 9.92. The highest BCUT2D eigenvalue weighted by molar-refractivity contribution is 5.98. The molecule has 0 saturated carbocycles. The molecule has 0 bridgehead atoms. The smallest absolute Gasteiger partial charge is 0.329 e. The topological polar surface area (TPSA) is 75.6 Å². The second kappa shape index (κ2) is 6.36. The van der Waals surface area contributed by atoms with Crippen molar-refractivity contribution in [3.8, 4) is 5.75 Å². The molecule has 0 aromatic heterocycles. The number of carbonyl (C=O) groups is 2. The minimum atomic E-state index is -1.34. The Balaban J connectivity index is 3.01. The molecule has 6 heteroatoms. The number of carboxylic acid groups (broad SMARTS) is 1. The fourth-order valence-corrected chi connectivity index (χ4v) is 1.88. The zero-order valence-electron chi connectivity index (χ0n) is 11.7. The van der Waals surface area contributed by atoms with Gasteiger partial charge in [-0.25, -0.2) is 9.18 Å². The molecule has 1 amide bonds. The summed E-state index contributed by atoms with van der Waals surface area (Å²) in [4.78, 5) is 23.4. The molecular formula is C14H18FNO4. The van der Waals surface area contributed by atoms with Crippen molar-refractivity contribution < 1.29 is 23.8 Å². The van der Waals surface area contributed by atoms with Crippen LogP contribution >= 0.6 is 0 Å². The third kappa shape index (κ3) is 3.07. The van der Waals surface area contributed by atoms with E-state index in [1.54, 1.807) is 13.8 Å². The van der Waals surface area contributed by atoms with Crippen LogP contribution in [-0.2, 0) is 4.79 Å². The van der Waals surface area contributed by atoms with E-state index >= 15 is 0 Å². The maximum atomic E-state index is 13.5. The number of amides is 1. The van der Waals surface area contributed by atoms with E-state index < -0.39 is 23.2 Å². The number of methoxy groups -OCH3 is 1. The normalized spacial score (nSPS) is 11.0. The summed E-state index contributed by atoms with van der Waals surface area (Å²) in [5.41, 5.74) is -1.29. The molecule has 0 aliphatic carbocycles. The van der Waals surface area contributed by atoms with E-state index in [0.717, 1.165) is 6.07 Å². The molecule has 0 atom stereocenters. The van der Waals surface area contributed by atoms with Crippen molar-refractivity contribution in [2.24, 2.45) is 0 Å². The fraction of sp³-hybridized carbons (Fsp3) is 0.429. The Morgan fingerprint density at radius 3 is 2.35 bits per heavy atom. The number of hydrogen-bond donors (Lipinski definition) is 2. The van der Waals surface area contributed by atoms with Crippen molar-refractivity contribution in [2.45, 2.75) is 32.2 Å². The van der Waals surface area contributed by atoms with Gasteiger partial charge in [-0.15, -0.1) is 0 Å². The van der Waals surface area contributed by atoms with Gasteiger partial charge in [-0.3, -0.25) is 4.79 Å². The van der Waals surface area contributed by atoms with E-state index in [9.17, 15) is 19.1 Å². The van der Waals surface area contributed by atoms with Crippen LogP contribution in [0.3, 0.4) is 0 Å². The first kappa shape index (κ1) is 15.9. The van der Waals surface area contributed by atoms with Crippen LogP contribution in [-0.4, -0.2) is 29.6 Å². The van der Waals surface area contributed by atoms with E-state index in [1.807, 2.05) is 0 Å². The van der Waals surface area contributed by atoms with Gasteiger partial charge in [0.1, 0.15) is 5.54 Å². The molecule has 2 N–H and O–H groups in total. The largest absolute Gasteiger partial charge is 0.494 e. The molecule has 110 valence electrons. The molecule has 0 heterocycles. The van der Waals surface area contributed by atoms with E-state index in [4.69, 9.17) is 4.74 Å². The summed E-state index contributed by atoms with van der Waals surface area (Å²) in [5, 5.41) is 11.7. The molecule has 0 fully saturated rings. The second-order valence-electron chi connectivity index (χ2n) is 4.40. The van der Waals surface area contributed by atoms with Crippen molar-refractivity contribution in [3.63, 3.8) is 0 Å². The van der Waals surface area contributed by atoms with Gasteiger partial charge >= 0.3 is 5.97 Å². The molecule has 0 spiro atoms. The number of carbonyl (C=O) groups excluding carboxylic acids is 1. The van der Waals surface area contributed by atoms with Crippen molar-refractivity contribution in [2.75, 3.05) is 7.11 Å². The highest BCUT2D eigenvalue weighted by atomic mass is 19.1. The Kier molecular flexibility index (Phi) is 5.07. The molecule has 0 aliphatic heterocycles. The maximum Gasteiger partial charge on any atom is 0.329 e. The number of aliphatic carboxylic acids is 1. The highest BCUT2D eigenvalue weighted by Crippen LogP contribution is 2.20. The minimum absolute atomic E-state index is 0.0250. The monoisotopic (exact) mass is 283 g/mol. The first-order valence-corrected chi connectivity index (χ1v) is 6.29. The van der Waals surface area contributed by atoms with Gasteiger partial charge in [0.2, 0.25) is 0 Å². The summed E-state index contributed by atoms with van der Waals surface area (Å²) in [7, 11) is 1.32. The summed E-state index contributed by atoms with van der Waals surface area (Å²) in [6, 6.07) is 3.73. The SMILES string of the molecule is CCC(CC)(NC(=O)c1ccc(OC)c(F)c1)C(=O)O. The number of nitrogens with one attached hydrogen (secondary N) is 1. The number of ether oxygens (including phenoxy) is 1. The van der Waals surface area contributed by atoms with Crippen LogP contribution in [0.15, 0.2) is 18.2 Å². The van der Waals surface area contributed by atoms with E-state index in [-0.39, 0.29) is 24.2 Å². The van der Waals surface area contributed by atoms with Gasteiger partial charge in [0.25, 0.3) is 5.91 Å². The minimum Gasteiger partial charge on any atom is -0.494 e. The lowest BCUT2D eigenvalue weighted by molar-refractivity contribution is -0.144. The number of benzene rings is 1. The second-order valence-corrected chi connectivity index (χ2v) is 4.40. The molecule has 1 rings (SSSR count). The molecule has 1 aromatic rings. The zero-order valence-corrected chi connectivity index (χ0v) is 11.7. The van der Waals surface area contributed by atoms with Crippen LogP contribution in [0.25, 0.3) is 0 Å². The molecule has 0 radical (unpaired) electrons. The fourth-order valence-electron chi connectivity index (χ4n) is 1.88. The van der Waals surface area contributed by atoms with Gasteiger partial charge in [-0.1, -0.05) is 13.8 Å². The summed E-state index contributed by atoms with van der Waals surface area (Å²) in [5.74, 6) is -2.38. The standard InChI is InChI=1S/C14H18FNO4/c1-4-14(5-2,13(18)19)16-12(17)9-6-7-11(20-3)10(15)8-9/h6-8H,4-5H2,1-3H3,(H,16,17)(H,18,19). The Hall–Kier alpha value is -2.11. The predicted molar refractivity (Wildman–Crippen MR) is 71.4 cm³/mol. The molecule has 0 aliphatic rings. The third-order valence-corrected chi connectivity index (χ3v) is 3.38. The van der Waals surface area contributed by atoms with Crippen LogP contribution in [0.4, 0.5) is 4.39 Å². The van der Waals surface area contributed by atoms with Crippen LogP contribution in [0, 0.1) is 5.82 Å². The summed E-state index contributed by atoms with van der Waals surface area (Å²) in [6.07, 6.45) is 0.479. The maximum absolute atomic E-state index is 13.5. The van der Waals surface area contributed by atoms with Gasteiger partial charge < -0.3 is 15.2 Å². The van der Waals surface area contributed by atoms with Crippen molar-refractivity contribution in [1.29, 1.82) is 0 Å². The number of hydrogen-bond acceptors (Lipinski definition) is 3. The van der Waals surface area contributed by atoms with Crippen LogP contribution in [0.1, 0.15) is 37.0 Å². The summed E-state index contributed by atoms with van der Waals surface area (Å²) < 4.78 is 18.3. The number of rotatable bonds is 6. The average molecular weight is 283 g/mol. The summed E-state index contributed by atoms with van der Waals surface area (Å²) in [6.45, 7) is 3.35. The van der Waals surface area contributed by atoms with Crippen molar-refractivity contribution >= 4 is 11.9 Å². The van der Waals surface area contributed by atoms with Gasteiger partial charge in [0.15, 0.2) is 11.6 Å². The Bertz CT molecular complexity index is 512. The van der Waals surface area contributed by atoms with Gasteiger partial charge in [0.05, 0.1) is 7.11 Å². The molecule has 0 unspecified atom stereocenters. The van der Waals surface area contributed by atoms with E-state index in [1.165, 1.54) is 19.2 Å². The molecule has 20 heavy (non-hydrogen) atoms. The molecule has 5 nitrogen and oxygen atoms in total. The number of carboxylic acids is 1. The van der Waals surface area contributed by atoms with E-state index in [0.29, 0.717) is 0 Å². The van der Waals surface area contributed by atoms with Crippen LogP contribution in [0.5, 0.6) is 5.75 Å². The lowest BCUT2D eigenvalue weighted by Gasteiger charge is -2.28. The predicted octanol–water partition coefficient (Wildman–Crippen LogP) is 2.21. The number of halogens is 1. The first-order valence-electron chi connectivity index (χ1n) is 6.29. The van der Waals surface area contributed by atoms with Crippen LogP contribution in [0.2, 0.25) is 0 Å². The van der Waals surface area contributed by atoms with Gasteiger partial charge in [-0.2, -0.15) is 0 Å². The highest BCUT2D eigenvalue weighted by Gasteiger charge is 2.36. The van der Waals surface area contributed by atoms with E-state index in [2.05, 4.69) is 5.32 Å². The van der Waals surface area contributed by atoms with Crippen molar-refractivity contribution in [3.05, 3.63) is 29.6 Å². The van der Waals surface area contributed by atoms with Crippen LogP contribution < -0.4 is 10.1 Å². The van der Waals surface area contributed by atoms with Crippen molar-refractivity contribution in [1.82, 2.24) is 5.32 Å². The quantitative estimate of drug-likeness (QED) is 0.839. The Morgan fingerprint density at radius 2 is 1.95 bits per heavy atom. The Morgan fingerprint density at radius 1 is 1.35 bits per heavy atom. The zero-order chi connectivity index (χ0) is 15.3. The Labute approximate surface area is 116 Å². The lowest BCUT2D eigenvalue weighted by Crippen LogP contribution is -2.53. The molecular weight excluding hydrogens is 265 g/mol. The summed E-state index contributed by atoms with van der Waals surface area (Å²) >= 11 is 0.